The predicted molar refractivity (Wildman–Crippen MR) is 96.9 cm³/mol. The minimum absolute atomic E-state index is 0.0340. The summed E-state index contributed by atoms with van der Waals surface area (Å²) >= 11 is 5.31. The molecule has 0 unspecified atom stereocenters. The molecule has 1 aliphatic rings. The minimum Gasteiger partial charge on any atom is -0.468 e. The van der Waals surface area contributed by atoms with Gasteiger partial charge in [-0.3, -0.25) is 19.3 Å². The fourth-order valence-electron chi connectivity index (χ4n) is 2.51. The number of hydrogen-bond donors (Lipinski definition) is 1. The second kappa shape index (κ2) is 7.38. The Bertz CT molecular complexity index is 680. The summed E-state index contributed by atoms with van der Waals surface area (Å²) in [5.41, 5.74) is 1.22. The molecule has 0 spiro atoms. The number of rotatable bonds is 3. The fraction of sp³-hybridized carbons (Fsp3) is 0.625. The van der Waals surface area contributed by atoms with E-state index in [2.05, 4.69) is 35.9 Å². The van der Waals surface area contributed by atoms with Gasteiger partial charge in [0, 0.05) is 25.6 Å². The lowest BCUT2D eigenvalue weighted by Gasteiger charge is -2.29. The molecule has 1 aromatic rings. The number of nitrogens with zero attached hydrogens (tertiary/aromatic N) is 4. The molecule has 2 heterocycles. The highest BCUT2D eigenvalue weighted by Crippen LogP contribution is 2.23. The molecular formula is C16H25N5O3S. The van der Waals surface area contributed by atoms with E-state index in [-0.39, 0.29) is 17.9 Å². The molecule has 1 N–H and O–H groups in total. The normalized spacial score (nSPS) is 14.6. The van der Waals surface area contributed by atoms with Gasteiger partial charge in [0.2, 0.25) is 0 Å². The van der Waals surface area contributed by atoms with Crippen LogP contribution >= 0.6 is 12.2 Å². The first kappa shape index (κ1) is 19.2. The van der Waals surface area contributed by atoms with Crippen molar-refractivity contribution < 1.29 is 14.3 Å². The number of ether oxygens (including phenoxy) is 1. The van der Waals surface area contributed by atoms with Crippen LogP contribution in [0.4, 0.5) is 0 Å². The number of amides is 1. The lowest BCUT2D eigenvalue weighted by atomic mass is 9.92. The van der Waals surface area contributed by atoms with Crippen molar-refractivity contribution in [1.82, 2.24) is 25.1 Å². The van der Waals surface area contributed by atoms with Gasteiger partial charge in [0.15, 0.2) is 5.11 Å². The van der Waals surface area contributed by atoms with Crippen molar-refractivity contribution in [1.29, 1.82) is 0 Å². The largest absolute Gasteiger partial charge is 0.468 e. The van der Waals surface area contributed by atoms with E-state index in [1.807, 2.05) is 6.07 Å². The third-order valence-electron chi connectivity index (χ3n) is 3.98. The second-order valence-electron chi connectivity index (χ2n) is 6.93. The van der Waals surface area contributed by atoms with Gasteiger partial charge < -0.3 is 10.1 Å². The molecule has 1 saturated heterocycles. The smallest absolute Gasteiger partial charge is 0.325 e. The third-order valence-corrected chi connectivity index (χ3v) is 4.33. The summed E-state index contributed by atoms with van der Waals surface area (Å²) in [5, 5.41) is 10.9. The maximum atomic E-state index is 13.0. The van der Waals surface area contributed by atoms with E-state index in [1.54, 1.807) is 21.7 Å². The fourth-order valence-corrected chi connectivity index (χ4v) is 2.77. The minimum atomic E-state index is -0.416. The van der Waals surface area contributed by atoms with Gasteiger partial charge in [-0.2, -0.15) is 5.10 Å². The van der Waals surface area contributed by atoms with Crippen molar-refractivity contribution >= 4 is 29.2 Å². The Morgan fingerprint density at radius 2 is 1.96 bits per heavy atom. The number of esters is 1. The van der Waals surface area contributed by atoms with Crippen LogP contribution in [0.15, 0.2) is 6.07 Å². The molecule has 1 aromatic heterocycles. The molecule has 8 nitrogen and oxygen atoms in total. The van der Waals surface area contributed by atoms with Crippen LogP contribution in [-0.4, -0.2) is 63.5 Å². The summed E-state index contributed by atoms with van der Waals surface area (Å²) in [7, 11) is 3.07. The van der Waals surface area contributed by atoms with Gasteiger partial charge in [0.25, 0.3) is 5.91 Å². The molecule has 9 heteroatoms. The number of nitrogens with one attached hydrogen (secondary N) is 1. The predicted octanol–water partition coefficient (Wildman–Crippen LogP) is 0.828. The zero-order valence-electron chi connectivity index (χ0n) is 15.3. The molecule has 1 amide bonds. The second-order valence-corrected chi connectivity index (χ2v) is 7.31. The van der Waals surface area contributed by atoms with Crippen LogP contribution in [0.5, 0.6) is 0 Å². The number of methoxy groups -OCH3 is 1. The Labute approximate surface area is 153 Å². The van der Waals surface area contributed by atoms with Crippen molar-refractivity contribution in [3.05, 3.63) is 17.5 Å². The molecule has 2 rings (SSSR count). The Kier molecular flexibility index (Phi) is 5.66. The number of hydrogen-bond acceptors (Lipinski definition) is 5. The quantitative estimate of drug-likeness (QED) is 0.626. The summed E-state index contributed by atoms with van der Waals surface area (Å²) in [4.78, 5) is 24.2. The van der Waals surface area contributed by atoms with Gasteiger partial charge in [0.1, 0.15) is 12.2 Å². The Morgan fingerprint density at radius 3 is 2.52 bits per heavy atom. The highest BCUT2D eigenvalue weighted by molar-refractivity contribution is 7.80. The van der Waals surface area contributed by atoms with Crippen LogP contribution in [0.3, 0.4) is 0 Å². The molecule has 0 radical (unpaired) electrons. The molecule has 0 saturated carbocycles. The van der Waals surface area contributed by atoms with Gasteiger partial charge in [-0.15, -0.1) is 0 Å². The van der Waals surface area contributed by atoms with Gasteiger partial charge in [-0.25, -0.2) is 5.01 Å². The number of thiocarbonyl (C=S) groups is 1. The lowest BCUT2D eigenvalue weighted by molar-refractivity contribution is -0.139. The van der Waals surface area contributed by atoms with Gasteiger partial charge in [-0.05, 0) is 24.7 Å². The first-order valence-electron chi connectivity index (χ1n) is 8.13. The summed E-state index contributed by atoms with van der Waals surface area (Å²) in [6.07, 6.45) is 0.801. The van der Waals surface area contributed by atoms with Crippen molar-refractivity contribution in [2.45, 2.75) is 32.6 Å². The monoisotopic (exact) mass is 367 g/mol. The molecule has 0 aromatic carbocycles. The zero-order valence-corrected chi connectivity index (χ0v) is 16.1. The number of hydrazine groups is 1. The molecular weight excluding hydrogens is 342 g/mol. The summed E-state index contributed by atoms with van der Waals surface area (Å²) in [6, 6.07) is 1.82. The maximum absolute atomic E-state index is 13.0. The zero-order chi connectivity index (χ0) is 18.8. The van der Waals surface area contributed by atoms with Crippen LogP contribution in [-0.2, 0) is 22.0 Å². The standard InChI is InChI=1S/C16H25N5O3S/c1-16(2,3)12-9-11(19(4)18-12)14(23)20-7-6-8-21(20)15(25)17-10-13(22)24-5/h9H,6-8,10H2,1-5H3,(H,17,25). The third kappa shape index (κ3) is 4.28. The van der Waals surface area contributed by atoms with Gasteiger partial charge >= 0.3 is 5.97 Å². The van der Waals surface area contributed by atoms with Crippen molar-refractivity contribution in [2.75, 3.05) is 26.7 Å². The number of carbonyl (C=O) groups excluding carboxylic acids is 2. The molecule has 138 valence electrons. The van der Waals surface area contributed by atoms with Gasteiger partial charge in [-0.1, -0.05) is 20.8 Å². The van der Waals surface area contributed by atoms with Crippen molar-refractivity contribution in [3.8, 4) is 0 Å². The molecule has 0 atom stereocenters. The summed E-state index contributed by atoms with van der Waals surface area (Å²) < 4.78 is 6.19. The molecule has 0 bridgehead atoms. The van der Waals surface area contributed by atoms with E-state index in [0.29, 0.717) is 23.9 Å². The van der Waals surface area contributed by atoms with E-state index in [0.717, 1.165) is 12.1 Å². The van der Waals surface area contributed by atoms with Crippen molar-refractivity contribution in [2.24, 2.45) is 7.05 Å². The van der Waals surface area contributed by atoms with Crippen LogP contribution in [0.25, 0.3) is 0 Å². The van der Waals surface area contributed by atoms with Crippen molar-refractivity contribution in [3.63, 3.8) is 0 Å². The number of aryl methyl sites for hydroxylation is 1. The topological polar surface area (TPSA) is 79.7 Å². The van der Waals surface area contributed by atoms with E-state index in [9.17, 15) is 9.59 Å². The first-order valence-corrected chi connectivity index (χ1v) is 8.54. The lowest BCUT2D eigenvalue weighted by Crippen LogP contribution is -2.50. The number of carbonyl (C=O) groups is 2. The van der Waals surface area contributed by atoms with E-state index in [1.165, 1.54) is 7.11 Å². The average molecular weight is 367 g/mol. The van der Waals surface area contributed by atoms with E-state index in [4.69, 9.17) is 12.2 Å². The molecule has 1 fully saturated rings. The maximum Gasteiger partial charge on any atom is 0.325 e. The van der Waals surface area contributed by atoms with Gasteiger partial charge in [0.05, 0.1) is 12.8 Å². The van der Waals surface area contributed by atoms with E-state index >= 15 is 0 Å². The van der Waals surface area contributed by atoms with Crippen LogP contribution in [0.1, 0.15) is 43.4 Å². The highest BCUT2D eigenvalue weighted by Gasteiger charge is 2.32. The van der Waals surface area contributed by atoms with Crippen LogP contribution in [0, 0.1) is 0 Å². The highest BCUT2D eigenvalue weighted by atomic mass is 32.1. The summed E-state index contributed by atoms with van der Waals surface area (Å²) in [6.45, 7) is 7.30. The molecule has 0 aliphatic carbocycles. The average Bonchev–Trinajstić information content (AvgIpc) is 3.17. The number of aromatic nitrogens is 2. The first-order chi connectivity index (χ1) is 11.6. The Balaban J connectivity index is 2.14. The Hall–Kier alpha value is -2.16. The van der Waals surface area contributed by atoms with Crippen LogP contribution < -0.4 is 5.32 Å². The SMILES string of the molecule is COC(=O)CNC(=S)N1CCCN1C(=O)c1cc(C(C)(C)C)nn1C. The van der Waals surface area contributed by atoms with E-state index < -0.39 is 5.97 Å². The molecule has 1 aliphatic heterocycles. The van der Waals surface area contributed by atoms with Crippen LogP contribution in [0.2, 0.25) is 0 Å². The molecule has 25 heavy (non-hydrogen) atoms. The summed E-state index contributed by atoms with van der Waals surface area (Å²) in [5.74, 6) is -0.578. The Morgan fingerprint density at radius 1 is 1.32 bits per heavy atom.